The highest BCUT2D eigenvalue weighted by Crippen LogP contribution is 2.22. The number of hydrogen-bond donors (Lipinski definition) is 3. The van der Waals surface area contributed by atoms with Gasteiger partial charge in [-0.3, -0.25) is 9.59 Å². The molecule has 5 heteroatoms. The van der Waals surface area contributed by atoms with E-state index in [0.717, 1.165) is 0 Å². The van der Waals surface area contributed by atoms with Crippen molar-refractivity contribution >= 4 is 11.8 Å². The van der Waals surface area contributed by atoms with Crippen molar-refractivity contribution in [2.75, 3.05) is 0 Å². The first-order valence-corrected chi connectivity index (χ1v) is 6.39. The predicted molar refractivity (Wildman–Crippen MR) is 77.3 cm³/mol. The minimum absolute atomic E-state index is 0.0880. The average molecular weight is 285 g/mol. The number of carboxylic acids is 1. The number of nitrogens with two attached hydrogens (primary N) is 1. The molecule has 2 aromatic rings. The Labute approximate surface area is 121 Å². The van der Waals surface area contributed by atoms with E-state index in [9.17, 15) is 14.7 Å². The molecule has 0 spiro atoms. The van der Waals surface area contributed by atoms with E-state index < -0.39 is 12.0 Å². The minimum Gasteiger partial charge on any atom is -0.507 e. The van der Waals surface area contributed by atoms with E-state index in [1.807, 2.05) is 0 Å². The van der Waals surface area contributed by atoms with Gasteiger partial charge in [0.2, 0.25) is 0 Å². The summed E-state index contributed by atoms with van der Waals surface area (Å²) in [6.07, 6.45) is 0.0880. The molecule has 1 atom stereocenters. The third kappa shape index (κ3) is 3.46. The van der Waals surface area contributed by atoms with Crippen LogP contribution in [0.2, 0.25) is 0 Å². The number of ketones is 1. The number of benzene rings is 2. The minimum atomic E-state index is -1.11. The normalized spacial score (nSPS) is 11.9. The number of phenolic OH excluding ortho intramolecular Hbond substituents is 1. The molecule has 0 aromatic heterocycles. The van der Waals surface area contributed by atoms with Crippen molar-refractivity contribution in [1.82, 2.24) is 0 Å². The smallest absolute Gasteiger partial charge is 0.320 e. The Morgan fingerprint density at radius 2 is 1.76 bits per heavy atom. The van der Waals surface area contributed by atoms with Crippen LogP contribution in [0.25, 0.3) is 0 Å². The van der Waals surface area contributed by atoms with Crippen molar-refractivity contribution in [3.05, 3.63) is 65.2 Å². The molecule has 0 bridgehead atoms. The molecule has 2 rings (SSSR count). The van der Waals surface area contributed by atoms with Crippen LogP contribution in [0.3, 0.4) is 0 Å². The molecule has 0 radical (unpaired) electrons. The van der Waals surface area contributed by atoms with Gasteiger partial charge >= 0.3 is 5.97 Å². The Morgan fingerprint density at radius 3 is 2.38 bits per heavy atom. The van der Waals surface area contributed by atoms with Crippen LogP contribution in [0.4, 0.5) is 0 Å². The summed E-state index contributed by atoms with van der Waals surface area (Å²) in [4.78, 5) is 23.1. The molecule has 0 amide bonds. The van der Waals surface area contributed by atoms with Gasteiger partial charge in [0, 0.05) is 5.56 Å². The Balaban J connectivity index is 2.31. The molecule has 0 saturated carbocycles. The Bertz CT molecular complexity index is 667. The maximum absolute atomic E-state index is 12.3. The molecule has 0 aliphatic heterocycles. The van der Waals surface area contributed by atoms with Gasteiger partial charge < -0.3 is 15.9 Å². The van der Waals surface area contributed by atoms with Crippen LogP contribution in [0.15, 0.2) is 48.5 Å². The Hall–Kier alpha value is -2.66. The van der Waals surface area contributed by atoms with Gasteiger partial charge in [-0.25, -0.2) is 0 Å². The molecule has 0 saturated heterocycles. The lowest BCUT2D eigenvalue weighted by atomic mass is 9.98. The molecule has 0 unspecified atom stereocenters. The number of rotatable bonds is 5. The van der Waals surface area contributed by atoms with Gasteiger partial charge in [0.25, 0.3) is 0 Å². The van der Waals surface area contributed by atoms with Crippen LogP contribution >= 0.6 is 0 Å². The second-order valence-corrected chi connectivity index (χ2v) is 4.70. The molecule has 2 aromatic carbocycles. The first-order valence-electron chi connectivity index (χ1n) is 6.39. The zero-order valence-electron chi connectivity index (χ0n) is 11.2. The molecule has 21 heavy (non-hydrogen) atoms. The number of carbonyl (C=O) groups is 2. The van der Waals surface area contributed by atoms with Gasteiger partial charge in [-0.05, 0) is 24.1 Å². The number of carboxylic acid groups (broad SMARTS) is 1. The number of hydrogen-bond acceptors (Lipinski definition) is 4. The lowest BCUT2D eigenvalue weighted by Gasteiger charge is -2.09. The monoisotopic (exact) mass is 285 g/mol. The van der Waals surface area contributed by atoms with Crippen LogP contribution in [0.5, 0.6) is 5.75 Å². The zero-order chi connectivity index (χ0) is 15.4. The van der Waals surface area contributed by atoms with Gasteiger partial charge in [0.05, 0.1) is 5.56 Å². The zero-order valence-corrected chi connectivity index (χ0v) is 11.2. The quantitative estimate of drug-likeness (QED) is 0.724. The largest absolute Gasteiger partial charge is 0.507 e. The third-order valence-corrected chi connectivity index (χ3v) is 3.11. The van der Waals surface area contributed by atoms with E-state index >= 15 is 0 Å². The molecule has 5 nitrogen and oxygen atoms in total. The molecule has 0 aliphatic carbocycles. The van der Waals surface area contributed by atoms with Crippen molar-refractivity contribution in [3.63, 3.8) is 0 Å². The summed E-state index contributed by atoms with van der Waals surface area (Å²) in [5, 5.41) is 18.7. The fourth-order valence-corrected chi connectivity index (χ4v) is 1.98. The van der Waals surface area contributed by atoms with E-state index in [2.05, 4.69) is 0 Å². The Kier molecular flexibility index (Phi) is 4.35. The number of carbonyl (C=O) groups excluding carboxylic acids is 1. The number of aromatic hydroxyl groups is 1. The predicted octanol–water partition coefficient (Wildman–Crippen LogP) is 1.58. The van der Waals surface area contributed by atoms with Crippen LogP contribution < -0.4 is 5.73 Å². The molecule has 108 valence electrons. The highest BCUT2D eigenvalue weighted by molar-refractivity contribution is 6.10. The molecular formula is C16H15NO4. The van der Waals surface area contributed by atoms with Gasteiger partial charge in [-0.2, -0.15) is 0 Å². The van der Waals surface area contributed by atoms with Crippen LogP contribution in [-0.4, -0.2) is 28.0 Å². The van der Waals surface area contributed by atoms with Crippen molar-refractivity contribution < 1.29 is 19.8 Å². The van der Waals surface area contributed by atoms with Crippen molar-refractivity contribution in [1.29, 1.82) is 0 Å². The fraction of sp³-hybridized carbons (Fsp3) is 0.125. The number of phenols is 1. The number of aliphatic carboxylic acids is 1. The second kappa shape index (κ2) is 6.19. The van der Waals surface area contributed by atoms with Crippen LogP contribution in [0.1, 0.15) is 21.5 Å². The summed E-state index contributed by atoms with van der Waals surface area (Å²) in [5.74, 6) is -1.57. The van der Waals surface area contributed by atoms with E-state index in [-0.39, 0.29) is 23.5 Å². The van der Waals surface area contributed by atoms with E-state index in [1.54, 1.807) is 36.4 Å². The summed E-state index contributed by atoms with van der Waals surface area (Å²) >= 11 is 0. The fourth-order valence-electron chi connectivity index (χ4n) is 1.98. The van der Waals surface area contributed by atoms with Gasteiger partial charge in [0.15, 0.2) is 5.78 Å². The van der Waals surface area contributed by atoms with Crippen molar-refractivity contribution in [2.45, 2.75) is 12.5 Å². The van der Waals surface area contributed by atoms with Crippen LogP contribution in [-0.2, 0) is 11.2 Å². The molecule has 0 fully saturated rings. The van der Waals surface area contributed by atoms with E-state index in [0.29, 0.717) is 11.1 Å². The summed E-state index contributed by atoms with van der Waals surface area (Å²) in [5.41, 5.74) is 6.65. The summed E-state index contributed by atoms with van der Waals surface area (Å²) < 4.78 is 0. The summed E-state index contributed by atoms with van der Waals surface area (Å²) in [7, 11) is 0. The average Bonchev–Trinajstić information content (AvgIpc) is 2.49. The third-order valence-electron chi connectivity index (χ3n) is 3.11. The molecule has 4 N–H and O–H groups in total. The first-order chi connectivity index (χ1) is 9.99. The van der Waals surface area contributed by atoms with Gasteiger partial charge in [-0.15, -0.1) is 0 Å². The molecular weight excluding hydrogens is 270 g/mol. The van der Waals surface area contributed by atoms with Crippen molar-refractivity contribution in [3.8, 4) is 5.75 Å². The maximum Gasteiger partial charge on any atom is 0.320 e. The standard InChI is InChI=1S/C16H15NO4/c17-13(16(20)21)9-10-6-7-14(18)12(8-10)15(19)11-4-2-1-3-5-11/h1-8,13,18H,9,17H2,(H,20,21)/t13-/m0/s1. The summed E-state index contributed by atoms with van der Waals surface area (Å²) in [6, 6.07) is 11.9. The first kappa shape index (κ1) is 14.7. The highest BCUT2D eigenvalue weighted by atomic mass is 16.4. The van der Waals surface area contributed by atoms with E-state index in [4.69, 9.17) is 10.8 Å². The van der Waals surface area contributed by atoms with E-state index in [1.165, 1.54) is 12.1 Å². The molecule has 0 heterocycles. The van der Waals surface area contributed by atoms with Crippen LogP contribution in [0, 0.1) is 0 Å². The van der Waals surface area contributed by atoms with Gasteiger partial charge in [-0.1, -0.05) is 36.4 Å². The molecule has 0 aliphatic rings. The highest BCUT2D eigenvalue weighted by Gasteiger charge is 2.17. The lowest BCUT2D eigenvalue weighted by molar-refractivity contribution is -0.138. The van der Waals surface area contributed by atoms with Crippen molar-refractivity contribution in [2.24, 2.45) is 5.73 Å². The summed E-state index contributed by atoms with van der Waals surface area (Å²) in [6.45, 7) is 0. The lowest BCUT2D eigenvalue weighted by Crippen LogP contribution is -2.32. The maximum atomic E-state index is 12.3. The Morgan fingerprint density at radius 1 is 1.10 bits per heavy atom. The van der Waals surface area contributed by atoms with Gasteiger partial charge in [0.1, 0.15) is 11.8 Å². The SMILES string of the molecule is N[C@@H](Cc1ccc(O)c(C(=O)c2ccccc2)c1)C(=O)O. The second-order valence-electron chi connectivity index (χ2n) is 4.70. The topological polar surface area (TPSA) is 101 Å².